The Balaban J connectivity index is 1.65. The van der Waals surface area contributed by atoms with Crippen LogP contribution in [0.15, 0.2) is 59.9 Å². The number of carbonyl (C=O) groups is 1. The third-order valence-electron chi connectivity index (χ3n) is 5.88. The number of rotatable bonds is 1. The summed E-state index contributed by atoms with van der Waals surface area (Å²) >= 11 is 0. The highest BCUT2D eigenvalue weighted by molar-refractivity contribution is 6.03. The Bertz CT molecular complexity index is 1180. The number of benzene rings is 2. The summed E-state index contributed by atoms with van der Waals surface area (Å²) in [5.41, 5.74) is 6.07. The van der Waals surface area contributed by atoms with Gasteiger partial charge in [-0.15, -0.1) is 0 Å². The van der Waals surface area contributed by atoms with Crippen molar-refractivity contribution in [3.05, 3.63) is 71.1 Å². The molecule has 0 radical (unpaired) electrons. The molecule has 138 valence electrons. The van der Waals surface area contributed by atoms with E-state index in [2.05, 4.69) is 28.5 Å². The summed E-state index contributed by atoms with van der Waals surface area (Å²) in [5.74, 6) is 1.58. The van der Waals surface area contributed by atoms with E-state index in [4.69, 9.17) is 9.47 Å². The minimum atomic E-state index is -0.138. The summed E-state index contributed by atoms with van der Waals surface area (Å²) in [4.78, 5) is 17.5. The number of nitrogens with zero attached hydrogens (tertiary/aromatic N) is 1. The van der Waals surface area contributed by atoms with Crippen LogP contribution in [0, 0.1) is 0 Å². The molecule has 6 rings (SSSR count). The van der Waals surface area contributed by atoms with Gasteiger partial charge >= 0.3 is 0 Å². The van der Waals surface area contributed by atoms with Crippen LogP contribution in [0.4, 0.5) is 5.69 Å². The molecule has 1 aromatic heterocycles. The molecule has 1 atom stereocenters. The fraction of sp³-hybridized carbons (Fsp3) is 0.217. The average molecular weight is 370 g/mol. The number of hydrogen-bond donors (Lipinski definition) is 1. The molecule has 1 aliphatic carbocycles. The lowest BCUT2D eigenvalue weighted by Gasteiger charge is -2.34. The maximum atomic E-state index is 13.0. The Labute approximate surface area is 162 Å². The quantitative estimate of drug-likeness (QED) is 0.682. The van der Waals surface area contributed by atoms with Crippen molar-refractivity contribution in [2.75, 3.05) is 12.1 Å². The smallest absolute Gasteiger partial charge is 0.231 e. The Kier molecular flexibility index (Phi) is 3.27. The lowest BCUT2D eigenvalue weighted by Crippen LogP contribution is -2.27. The van der Waals surface area contributed by atoms with Crippen LogP contribution in [0.5, 0.6) is 11.5 Å². The Hall–Kier alpha value is -3.34. The van der Waals surface area contributed by atoms with Gasteiger partial charge in [0.1, 0.15) is 0 Å². The van der Waals surface area contributed by atoms with E-state index in [9.17, 15) is 4.79 Å². The topological polar surface area (TPSA) is 60.5 Å². The molecule has 1 unspecified atom stereocenters. The van der Waals surface area contributed by atoms with Crippen LogP contribution in [0.1, 0.15) is 36.3 Å². The van der Waals surface area contributed by atoms with Crippen molar-refractivity contribution in [2.24, 2.45) is 0 Å². The fourth-order valence-corrected chi connectivity index (χ4v) is 4.66. The van der Waals surface area contributed by atoms with E-state index in [1.165, 1.54) is 0 Å². The summed E-state index contributed by atoms with van der Waals surface area (Å²) in [7, 11) is 0. The molecular weight excluding hydrogens is 352 g/mol. The average Bonchev–Trinajstić information content (AvgIpc) is 3.20. The van der Waals surface area contributed by atoms with Crippen molar-refractivity contribution in [2.45, 2.75) is 25.2 Å². The molecule has 1 N–H and O–H groups in total. The van der Waals surface area contributed by atoms with Gasteiger partial charge in [0.05, 0.1) is 5.52 Å². The molecule has 0 fully saturated rings. The minimum absolute atomic E-state index is 0.138. The maximum absolute atomic E-state index is 13.0. The molecule has 5 heteroatoms. The van der Waals surface area contributed by atoms with E-state index in [0.29, 0.717) is 6.42 Å². The highest BCUT2D eigenvalue weighted by Crippen LogP contribution is 2.49. The van der Waals surface area contributed by atoms with Gasteiger partial charge in [-0.25, -0.2) is 0 Å². The van der Waals surface area contributed by atoms with E-state index in [0.717, 1.165) is 63.3 Å². The van der Waals surface area contributed by atoms with Crippen molar-refractivity contribution >= 4 is 22.4 Å². The lowest BCUT2D eigenvalue weighted by atomic mass is 9.74. The number of carbonyl (C=O) groups excluding carboxylic acids is 1. The van der Waals surface area contributed by atoms with Gasteiger partial charge < -0.3 is 14.8 Å². The van der Waals surface area contributed by atoms with Gasteiger partial charge in [-0.1, -0.05) is 12.1 Å². The Morgan fingerprint density at radius 2 is 1.96 bits per heavy atom. The second kappa shape index (κ2) is 5.83. The molecule has 0 amide bonds. The second-order valence-corrected chi connectivity index (χ2v) is 7.44. The normalized spacial score (nSPS) is 20.0. The van der Waals surface area contributed by atoms with Crippen LogP contribution in [0.2, 0.25) is 0 Å². The zero-order chi connectivity index (χ0) is 18.7. The Morgan fingerprint density at radius 1 is 1.04 bits per heavy atom. The molecule has 3 aliphatic rings. The molecule has 0 saturated heterocycles. The third-order valence-corrected chi connectivity index (χ3v) is 5.88. The number of fused-ring (bicyclic) bond motifs is 4. The van der Waals surface area contributed by atoms with E-state index in [1.54, 1.807) is 6.20 Å². The van der Waals surface area contributed by atoms with Gasteiger partial charge in [-0.3, -0.25) is 9.78 Å². The first-order valence-corrected chi connectivity index (χ1v) is 9.60. The first-order chi connectivity index (χ1) is 13.8. The molecule has 3 heterocycles. The Morgan fingerprint density at radius 3 is 2.93 bits per heavy atom. The minimum Gasteiger partial charge on any atom is -0.454 e. The predicted octanol–water partition coefficient (Wildman–Crippen LogP) is 4.53. The zero-order valence-corrected chi connectivity index (χ0v) is 15.2. The lowest BCUT2D eigenvalue weighted by molar-refractivity contribution is -0.116. The SMILES string of the molecule is O=C1CCCC2=C1C(c1ccc3c(c1)OCO3)c1c(ccc3ncccc13)N2. The standard InChI is InChI=1S/C23H18N2O3/c26-18-5-1-4-16-23(18)21(13-6-9-19-20(11-13)28-12-27-19)22-14-3-2-10-24-15(14)7-8-17(22)25-16/h2-3,6-11,21,25H,1,4-5,12H2. The monoisotopic (exact) mass is 370 g/mol. The summed E-state index contributed by atoms with van der Waals surface area (Å²) in [6, 6.07) is 14.2. The van der Waals surface area contributed by atoms with Gasteiger partial charge in [-0.05, 0) is 54.3 Å². The van der Waals surface area contributed by atoms with E-state index < -0.39 is 0 Å². The number of ether oxygens (including phenoxy) is 2. The van der Waals surface area contributed by atoms with Gasteiger partial charge in [-0.2, -0.15) is 0 Å². The summed E-state index contributed by atoms with van der Waals surface area (Å²) < 4.78 is 11.1. The van der Waals surface area contributed by atoms with E-state index >= 15 is 0 Å². The van der Waals surface area contributed by atoms with Crippen LogP contribution >= 0.6 is 0 Å². The number of allylic oxidation sites excluding steroid dienone is 2. The number of hydrogen-bond acceptors (Lipinski definition) is 5. The highest BCUT2D eigenvalue weighted by atomic mass is 16.7. The van der Waals surface area contributed by atoms with Crippen molar-refractivity contribution in [1.82, 2.24) is 4.98 Å². The van der Waals surface area contributed by atoms with Crippen LogP contribution in [0.25, 0.3) is 10.9 Å². The molecule has 5 nitrogen and oxygen atoms in total. The number of nitrogens with one attached hydrogen (secondary N) is 1. The van der Waals surface area contributed by atoms with Gasteiger partial charge in [0.2, 0.25) is 6.79 Å². The molecule has 2 aliphatic heterocycles. The van der Waals surface area contributed by atoms with Crippen LogP contribution < -0.4 is 14.8 Å². The molecule has 3 aromatic rings. The molecule has 28 heavy (non-hydrogen) atoms. The number of pyridine rings is 1. The van der Waals surface area contributed by atoms with Gasteiger partial charge in [0.15, 0.2) is 17.3 Å². The van der Waals surface area contributed by atoms with Crippen molar-refractivity contribution in [3.8, 4) is 11.5 Å². The van der Waals surface area contributed by atoms with E-state index in [1.807, 2.05) is 24.3 Å². The summed E-state index contributed by atoms with van der Waals surface area (Å²) in [6.07, 6.45) is 4.19. The molecule has 2 aromatic carbocycles. The molecular formula is C23H18N2O3. The molecule has 0 saturated carbocycles. The number of anilines is 1. The van der Waals surface area contributed by atoms with E-state index in [-0.39, 0.29) is 18.5 Å². The number of aromatic nitrogens is 1. The first-order valence-electron chi connectivity index (χ1n) is 9.60. The summed E-state index contributed by atoms with van der Waals surface area (Å²) in [6.45, 7) is 0.237. The summed E-state index contributed by atoms with van der Waals surface area (Å²) in [5, 5.41) is 4.62. The maximum Gasteiger partial charge on any atom is 0.231 e. The largest absolute Gasteiger partial charge is 0.454 e. The van der Waals surface area contributed by atoms with Crippen molar-refractivity contribution in [1.29, 1.82) is 0 Å². The third kappa shape index (κ3) is 2.19. The van der Waals surface area contributed by atoms with Crippen molar-refractivity contribution < 1.29 is 14.3 Å². The molecule has 0 spiro atoms. The predicted molar refractivity (Wildman–Crippen MR) is 106 cm³/mol. The van der Waals surface area contributed by atoms with Crippen LogP contribution in [0.3, 0.4) is 0 Å². The van der Waals surface area contributed by atoms with Crippen LogP contribution in [-0.4, -0.2) is 17.6 Å². The first kappa shape index (κ1) is 15.7. The zero-order valence-electron chi connectivity index (χ0n) is 15.2. The van der Waals surface area contributed by atoms with Crippen LogP contribution in [-0.2, 0) is 4.79 Å². The fourth-order valence-electron chi connectivity index (χ4n) is 4.66. The van der Waals surface area contributed by atoms with Crippen molar-refractivity contribution in [3.63, 3.8) is 0 Å². The second-order valence-electron chi connectivity index (χ2n) is 7.44. The highest BCUT2D eigenvalue weighted by Gasteiger charge is 2.36. The molecule has 0 bridgehead atoms. The van der Waals surface area contributed by atoms with Gasteiger partial charge in [0, 0.05) is 40.9 Å². The number of Topliss-reactive ketones (excluding diaryl/α,β-unsaturated/α-hetero) is 1. The number of ketones is 1. The van der Waals surface area contributed by atoms with Gasteiger partial charge in [0.25, 0.3) is 0 Å².